The van der Waals surface area contributed by atoms with Gasteiger partial charge in [0.1, 0.15) is 0 Å². The van der Waals surface area contributed by atoms with Gasteiger partial charge >= 0.3 is 0 Å². The molecule has 0 heterocycles. The molecule has 0 atom stereocenters. The Kier molecular flexibility index (Phi) is 2.11. The lowest BCUT2D eigenvalue weighted by Gasteiger charge is -2.07. The van der Waals surface area contributed by atoms with E-state index >= 15 is 0 Å². The first-order valence-electron chi connectivity index (χ1n) is 5.20. The van der Waals surface area contributed by atoms with Crippen molar-refractivity contribution in [1.82, 2.24) is 0 Å². The molecule has 0 saturated carbocycles. The number of fused-ring (bicyclic) bond motifs is 3. The van der Waals surface area contributed by atoms with Gasteiger partial charge in [0.15, 0.2) is 5.12 Å². The third kappa shape index (κ3) is 1.23. The highest BCUT2D eigenvalue weighted by Gasteiger charge is 2.31. The molecule has 1 aliphatic rings. The Bertz CT molecular complexity index is 529. The smallest absolute Gasteiger partial charge is 0.197 e. The summed E-state index contributed by atoms with van der Waals surface area (Å²) < 4.78 is 0. The van der Waals surface area contributed by atoms with E-state index in [2.05, 4.69) is 24.8 Å². The molecule has 78 valence electrons. The van der Waals surface area contributed by atoms with Crippen LogP contribution in [0.1, 0.15) is 17.0 Å². The van der Waals surface area contributed by atoms with Crippen LogP contribution < -0.4 is 0 Å². The average molecular weight is 226 g/mol. The van der Waals surface area contributed by atoms with Gasteiger partial charge in [-0.05, 0) is 22.3 Å². The van der Waals surface area contributed by atoms with Gasteiger partial charge in [0, 0.05) is 0 Å². The van der Waals surface area contributed by atoms with E-state index in [1.165, 1.54) is 0 Å². The normalized spacial score (nSPS) is 13.3. The molecular formula is C14H10OS. The van der Waals surface area contributed by atoms with Crippen LogP contribution in [0.15, 0.2) is 48.5 Å². The molecule has 0 aliphatic heterocycles. The molecule has 0 saturated heterocycles. The van der Waals surface area contributed by atoms with Crippen molar-refractivity contribution in [2.24, 2.45) is 0 Å². The van der Waals surface area contributed by atoms with Gasteiger partial charge in [0.25, 0.3) is 0 Å². The molecule has 0 bridgehead atoms. The molecular weight excluding hydrogens is 216 g/mol. The van der Waals surface area contributed by atoms with E-state index in [9.17, 15) is 4.79 Å². The summed E-state index contributed by atoms with van der Waals surface area (Å²) in [6.45, 7) is 0. The van der Waals surface area contributed by atoms with Crippen molar-refractivity contribution < 1.29 is 4.79 Å². The second kappa shape index (κ2) is 3.49. The average Bonchev–Trinajstić information content (AvgIpc) is 2.63. The Labute approximate surface area is 99.5 Å². The molecule has 1 aliphatic carbocycles. The second-order valence-corrected chi connectivity index (χ2v) is 4.39. The van der Waals surface area contributed by atoms with Crippen molar-refractivity contribution in [3.8, 4) is 11.1 Å². The second-order valence-electron chi connectivity index (χ2n) is 3.95. The lowest BCUT2D eigenvalue weighted by Crippen LogP contribution is -2.04. The summed E-state index contributed by atoms with van der Waals surface area (Å²) >= 11 is 4.00. The molecule has 1 nitrogen and oxygen atoms in total. The summed E-state index contributed by atoms with van der Waals surface area (Å²) in [5, 5.41) is -0.0857. The maximum atomic E-state index is 11.6. The zero-order valence-electron chi connectivity index (χ0n) is 8.55. The highest BCUT2D eigenvalue weighted by atomic mass is 32.1. The number of rotatable bonds is 1. The fourth-order valence-electron chi connectivity index (χ4n) is 2.42. The van der Waals surface area contributed by atoms with Crippen LogP contribution in [0, 0.1) is 0 Å². The maximum absolute atomic E-state index is 11.6. The van der Waals surface area contributed by atoms with E-state index in [0.29, 0.717) is 0 Å². The van der Waals surface area contributed by atoms with Gasteiger partial charge < -0.3 is 0 Å². The highest BCUT2D eigenvalue weighted by Crippen LogP contribution is 2.45. The zero-order valence-corrected chi connectivity index (χ0v) is 9.45. The van der Waals surface area contributed by atoms with Crippen molar-refractivity contribution in [2.45, 2.75) is 5.92 Å². The quantitative estimate of drug-likeness (QED) is 0.739. The molecule has 2 aromatic carbocycles. The summed E-state index contributed by atoms with van der Waals surface area (Å²) in [7, 11) is 0. The third-order valence-electron chi connectivity index (χ3n) is 3.08. The van der Waals surface area contributed by atoms with E-state index in [1.807, 2.05) is 36.4 Å². The molecule has 16 heavy (non-hydrogen) atoms. The largest absolute Gasteiger partial charge is 0.286 e. The van der Waals surface area contributed by atoms with Crippen molar-refractivity contribution >= 4 is 17.7 Å². The Balaban J connectivity index is 2.34. The van der Waals surface area contributed by atoms with Crippen LogP contribution in [-0.2, 0) is 4.79 Å². The van der Waals surface area contributed by atoms with Crippen molar-refractivity contribution in [3.63, 3.8) is 0 Å². The Morgan fingerprint density at radius 1 is 0.875 bits per heavy atom. The highest BCUT2D eigenvalue weighted by molar-refractivity contribution is 7.96. The van der Waals surface area contributed by atoms with E-state index < -0.39 is 0 Å². The van der Waals surface area contributed by atoms with Gasteiger partial charge in [-0.25, -0.2) is 0 Å². The molecule has 0 aromatic heterocycles. The van der Waals surface area contributed by atoms with E-state index in [1.54, 1.807) is 0 Å². The maximum Gasteiger partial charge on any atom is 0.197 e. The number of carbonyl (C=O) groups is 1. The SMILES string of the molecule is O=C(S)C1c2ccccc2-c2ccccc21. The summed E-state index contributed by atoms with van der Waals surface area (Å²) in [4.78, 5) is 11.6. The van der Waals surface area contributed by atoms with Gasteiger partial charge in [-0.3, -0.25) is 4.79 Å². The first-order valence-corrected chi connectivity index (χ1v) is 5.65. The number of benzene rings is 2. The Hall–Kier alpha value is -1.54. The Morgan fingerprint density at radius 2 is 1.31 bits per heavy atom. The molecule has 0 N–H and O–H groups in total. The number of hydrogen-bond acceptors (Lipinski definition) is 1. The molecule has 3 rings (SSSR count). The van der Waals surface area contributed by atoms with Crippen LogP contribution in [0.4, 0.5) is 0 Å². The molecule has 2 heteroatoms. The van der Waals surface area contributed by atoms with E-state index in [-0.39, 0.29) is 11.0 Å². The van der Waals surface area contributed by atoms with Crippen LogP contribution in [0.3, 0.4) is 0 Å². The van der Waals surface area contributed by atoms with Crippen LogP contribution in [-0.4, -0.2) is 5.12 Å². The minimum Gasteiger partial charge on any atom is -0.286 e. The van der Waals surface area contributed by atoms with Crippen LogP contribution in [0.2, 0.25) is 0 Å². The van der Waals surface area contributed by atoms with Gasteiger partial charge in [-0.1, -0.05) is 48.5 Å². The van der Waals surface area contributed by atoms with Crippen LogP contribution >= 0.6 is 12.6 Å². The van der Waals surface area contributed by atoms with Crippen molar-refractivity contribution in [2.75, 3.05) is 0 Å². The molecule has 0 fully saturated rings. The minimum absolute atomic E-state index is 0.0857. The molecule has 0 radical (unpaired) electrons. The summed E-state index contributed by atoms with van der Waals surface area (Å²) in [6.07, 6.45) is 0. The first-order chi connectivity index (χ1) is 7.79. The minimum atomic E-state index is -0.198. The predicted octanol–water partition coefficient (Wildman–Crippen LogP) is 3.26. The van der Waals surface area contributed by atoms with E-state index in [0.717, 1.165) is 22.3 Å². The number of carbonyl (C=O) groups excluding carboxylic acids is 1. The summed E-state index contributed by atoms with van der Waals surface area (Å²) in [5.41, 5.74) is 4.46. The van der Waals surface area contributed by atoms with Gasteiger partial charge in [0.05, 0.1) is 5.92 Å². The topological polar surface area (TPSA) is 17.1 Å². The molecule has 0 amide bonds. The van der Waals surface area contributed by atoms with Crippen LogP contribution in [0.25, 0.3) is 11.1 Å². The van der Waals surface area contributed by atoms with E-state index in [4.69, 9.17) is 0 Å². The van der Waals surface area contributed by atoms with Crippen molar-refractivity contribution in [3.05, 3.63) is 59.7 Å². The fourth-order valence-corrected chi connectivity index (χ4v) is 2.70. The summed E-state index contributed by atoms with van der Waals surface area (Å²) in [5.74, 6) is -0.198. The third-order valence-corrected chi connectivity index (χ3v) is 3.34. The Morgan fingerprint density at radius 3 is 1.75 bits per heavy atom. The fraction of sp³-hybridized carbons (Fsp3) is 0.0714. The van der Waals surface area contributed by atoms with Crippen molar-refractivity contribution in [1.29, 1.82) is 0 Å². The summed E-state index contributed by atoms with van der Waals surface area (Å²) in [6, 6.07) is 16.1. The van der Waals surface area contributed by atoms with Crippen LogP contribution in [0.5, 0.6) is 0 Å². The number of thiol groups is 1. The molecule has 0 unspecified atom stereocenters. The monoisotopic (exact) mass is 226 g/mol. The zero-order chi connectivity index (χ0) is 11.1. The number of hydrogen-bond donors (Lipinski definition) is 1. The lowest BCUT2D eigenvalue weighted by molar-refractivity contribution is -0.111. The predicted molar refractivity (Wildman–Crippen MR) is 67.7 cm³/mol. The molecule has 0 spiro atoms. The lowest BCUT2D eigenvalue weighted by atomic mass is 9.99. The standard InChI is InChI=1S/C14H10OS/c15-14(16)13-11-7-3-1-5-9(11)10-6-2-4-8-12(10)13/h1-8,13H,(H,15,16). The van der Waals surface area contributed by atoms with Gasteiger partial charge in [-0.2, -0.15) is 0 Å². The molecule has 2 aromatic rings. The van der Waals surface area contributed by atoms with Gasteiger partial charge in [-0.15, -0.1) is 12.6 Å². The first kappa shape index (κ1) is 9.67. The van der Waals surface area contributed by atoms with Gasteiger partial charge in [0.2, 0.25) is 0 Å².